The maximum atomic E-state index is 10.3. The lowest BCUT2D eigenvalue weighted by molar-refractivity contribution is 0.00791. The van der Waals surface area contributed by atoms with Crippen molar-refractivity contribution in [3.63, 3.8) is 0 Å². The first-order valence-corrected chi connectivity index (χ1v) is 7.73. The highest BCUT2D eigenvalue weighted by Crippen LogP contribution is 2.31. The van der Waals surface area contributed by atoms with Crippen LogP contribution in [0.2, 0.25) is 0 Å². The lowest BCUT2D eigenvalue weighted by Gasteiger charge is -2.41. The Hall–Kier alpha value is -0.900. The molecule has 0 aliphatic heterocycles. The normalized spacial score (nSPS) is 26.5. The van der Waals surface area contributed by atoms with Crippen molar-refractivity contribution in [1.82, 2.24) is 4.90 Å². The van der Waals surface area contributed by atoms with E-state index in [-0.39, 0.29) is 24.2 Å². The number of aliphatic hydroxyl groups excluding tert-OH is 1. The molecule has 0 amide bonds. The van der Waals surface area contributed by atoms with Crippen molar-refractivity contribution < 1.29 is 5.11 Å². The zero-order chi connectivity index (χ0) is 14.7. The van der Waals surface area contributed by atoms with E-state index in [9.17, 15) is 5.11 Å². The molecule has 3 nitrogen and oxygen atoms in total. The first-order valence-electron chi connectivity index (χ1n) is 7.73. The largest absolute Gasteiger partial charge is 0.391 e. The second kappa shape index (κ2) is 6.70. The Morgan fingerprint density at radius 2 is 2.00 bits per heavy atom. The Morgan fingerprint density at radius 3 is 2.60 bits per heavy atom. The molecule has 20 heavy (non-hydrogen) atoms. The van der Waals surface area contributed by atoms with E-state index in [1.807, 2.05) is 0 Å². The highest BCUT2D eigenvalue weighted by Gasteiger charge is 2.32. The summed E-state index contributed by atoms with van der Waals surface area (Å²) in [6, 6.07) is 8.97. The van der Waals surface area contributed by atoms with Crippen LogP contribution in [0.4, 0.5) is 0 Å². The Labute approximate surface area is 122 Å². The fraction of sp³-hybridized carbons (Fsp3) is 0.647. The third kappa shape index (κ3) is 3.40. The van der Waals surface area contributed by atoms with Crippen molar-refractivity contribution in [3.8, 4) is 0 Å². The predicted molar refractivity (Wildman–Crippen MR) is 83.6 cm³/mol. The van der Waals surface area contributed by atoms with E-state index in [4.69, 9.17) is 5.73 Å². The lowest BCUT2D eigenvalue weighted by atomic mass is 9.88. The summed E-state index contributed by atoms with van der Waals surface area (Å²) in [5.41, 5.74) is 8.75. The van der Waals surface area contributed by atoms with Crippen LogP contribution in [0.5, 0.6) is 0 Å². The number of aryl methyl sites for hydroxylation is 1. The second-order valence-corrected chi connectivity index (χ2v) is 6.30. The molecule has 0 saturated heterocycles. The summed E-state index contributed by atoms with van der Waals surface area (Å²) in [6.07, 6.45) is 4.09. The van der Waals surface area contributed by atoms with Crippen molar-refractivity contribution >= 4 is 0 Å². The summed E-state index contributed by atoms with van der Waals surface area (Å²) in [6.45, 7) is 4.16. The molecule has 0 spiro atoms. The van der Waals surface area contributed by atoms with Gasteiger partial charge in [-0.15, -0.1) is 0 Å². The zero-order valence-electron chi connectivity index (χ0n) is 12.9. The van der Waals surface area contributed by atoms with Gasteiger partial charge in [-0.3, -0.25) is 4.90 Å². The van der Waals surface area contributed by atoms with Crippen LogP contribution in [0.15, 0.2) is 24.3 Å². The molecule has 2 rings (SSSR count). The number of nitrogens with two attached hydrogens (primary N) is 1. The number of likely N-dealkylation sites (N-methyl/N-ethyl adjacent to an activating group) is 1. The SMILES string of the molecule is Cc1cccc(C(C(C)N)N(C)C2CCCCC2O)c1. The summed E-state index contributed by atoms with van der Waals surface area (Å²) in [5, 5.41) is 10.3. The van der Waals surface area contributed by atoms with Crippen LogP contribution in [0, 0.1) is 6.92 Å². The number of nitrogens with zero attached hydrogens (tertiary/aromatic N) is 1. The average Bonchev–Trinajstić information content (AvgIpc) is 2.39. The number of rotatable bonds is 4. The van der Waals surface area contributed by atoms with Crippen LogP contribution >= 0.6 is 0 Å². The Kier molecular flexibility index (Phi) is 5.19. The van der Waals surface area contributed by atoms with Crippen molar-refractivity contribution in [2.75, 3.05) is 7.05 Å². The van der Waals surface area contributed by atoms with Crippen molar-refractivity contribution in [2.45, 2.75) is 63.8 Å². The van der Waals surface area contributed by atoms with Crippen LogP contribution in [0.3, 0.4) is 0 Å². The quantitative estimate of drug-likeness (QED) is 0.889. The molecule has 112 valence electrons. The van der Waals surface area contributed by atoms with Gasteiger partial charge in [0, 0.05) is 18.1 Å². The van der Waals surface area contributed by atoms with Crippen molar-refractivity contribution in [3.05, 3.63) is 35.4 Å². The van der Waals surface area contributed by atoms with Crippen molar-refractivity contribution in [1.29, 1.82) is 0 Å². The maximum absolute atomic E-state index is 10.3. The summed E-state index contributed by atoms with van der Waals surface area (Å²) < 4.78 is 0. The average molecular weight is 276 g/mol. The smallest absolute Gasteiger partial charge is 0.0695 e. The topological polar surface area (TPSA) is 49.5 Å². The highest BCUT2D eigenvalue weighted by molar-refractivity contribution is 5.26. The van der Waals surface area contributed by atoms with Crippen LogP contribution in [-0.4, -0.2) is 35.2 Å². The van der Waals surface area contributed by atoms with Gasteiger partial charge < -0.3 is 10.8 Å². The molecule has 3 N–H and O–H groups in total. The van der Waals surface area contributed by atoms with Gasteiger partial charge in [-0.1, -0.05) is 42.7 Å². The molecule has 1 fully saturated rings. The van der Waals surface area contributed by atoms with Gasteiger partial charge in [0.05, 0.1) is 6.10 Å². The first-order chi connectivity index (χ1) is 9.50. The maximum Gasteiger partial charge on any atom is 0.0695 e. The standard InChI is InChI=1S/C17H28N2O/c1-12-7-6-8-14(11-12)17(13(2)18)19(3)15-9-4-5-10-16(15)20/h6-8,11,13,15-17,20H,4-5,9-10,18H2,1-3H3. The number of hydrogen-bond donors (Lipinski definition) is 2. The molecule has 1 aromatic carbocycles. The monoisotopic (exact) mass is 276 g/mol. The molecule has 0 aromatic heterocycles. The molecule has 0 radical (unpaired) electrons. The number of benzene rings is 1. The molecule has 1 aromatic rings. The van der Waals surface area contributed by atoms with E-state index in [0.29, 0.717) is 0 Å². The summed E-state index contributed by atoms with van der Waals surface area (Å²) >= 11 is 0. The first kappa shape index (κ1) is 15.5. The molecule has 0 heterocycles. The van der Waals surface area contributed by atoms with E-state index in [2.05, 4.69) is 50.1 Å². The molecule has 1 saturated carbocycles. The highest BCUT2D eigenvalue weighted by atomic mass is 16.3. The minimum atomic E-state index is -0.222. The van der Waals surface area contributed by atoms with Gasteiger partial charge >= 0.3 is 0 Å². The third-order valence-electron chi connectivity index (χ3n) is 4.54. The summed E-state index contributed by atoms with van der Waals surface area (Å²) in [4.78, 5) is 2.29. The van der Waals surface area contributed by atoms with Crippen molar-refractivity contribution in [2.24, 2.45) is 5.73 Å². The fourth-order valence-corrected chi connectivity index (χ4v) is 3.54. The van der Waals surface area contributed by atoms with Crippen LogP contribution in [0.25, 0.3) is 0 Å². The lowest BCUT2D eigenvalue weighted by Crippen LogP contribution is -2.49. The number of hydrogen-bond acceptors (Lipinski definition) is 3. The molecule has 3 heteroatoms. The molecule has 1 aliphatic rings. The van der Waals surface area contributed by atoms with Gasteiger partial charge in [-0.25, -0.2) is 0 Å². The van der Waals surface area contributed by atoms with E-state index in [1.165, 1.54) is 17.5 Å². The molecule has 4 atom stereocenters. The van der Waals surface area contributed by atoms with Gasteiger partial charge in [-0.05, 0) is 39.3 Å². The molecule has 0 bridgehead atoms. The predicted octanol–water partition coefficient (Wildman–Crippen LogP) is 2.62. The van der Waals surface area contributed by atoms with Crippen LogP contribution in [-0.2, 0) is 0 Å². The molecule has 4 unspecified atom stereocenters. The number of aliphatic hydroxyl groups is 1. The molecular weight excluding hydrogens is 248 g/mol. The van der Waals surface area contributed by atoms with E-state index < -0.39 is 0 Å². The Morgan fingerprint density at radius 1 is 1.30 bits per heavy atom. The zero-order valence-corrected chi connectivity index (χ0v) is 12.9. The third-order valence-corrected chi connectivity index (χ3v) is 4.54. The van der Waals surface area contributed by atoms with E-state index in [1.54, 1.807) is 0 Å². The molecule has 1 aliphatic carbocycles. The minimum Gasteiger partial charge on any atom is -0.391 e. The minimum absolute atomic E-state index is 0.0379. The Bertz CT molecular complexity index is 433. The summed E-state index contributed by atoms with van der Waals surface area (Å²) in [5.74, 6) is 0. The van der Waals surface area contributed by atoms with Crippen LogP contribution < -0.4 is 5.73 Å². The van der Waals surface area contributed by atoms with E-state index in [0.717, 1.165) is 19.3 Å². The van der Waals surface area contributed by atoms with E-state index >= 15 is 0 Å². The van der Waals surface area contributed by atoms with Gasteiger partial charge in [0.25, 0.3) is 0 Å². The fourth-order valence-electron chi connectivity index (χ4n) is 3.54. The van der Waals surface area contributed by atoms with Gasteiger partial charge in [-0.2, -0.15) is 0 Å². The van der Waals surface area contributed by atoms with Gasteiger partial charge in [0.1, 0.15) is 0 Å². The second-order valence-electron chi connectivity index (χ2n) is 6.30. The Balaban J connectivity index is 2.23. The van der Waals surface area contributed by atoms with Gasteiger partial charge in [0.15, 0.2) is 0 Å². The van der Waals surface area contributed by atoms with Gasteiger partial charge in [0.2, 0.25) is 0 Å². The molecular formula is C17H28N2O. The summed E-state index contributed by atoms with van der Waals surface area (Å²) in [7, 11) is 2.11. The van der Waals surface area contributed by atoms with Crippen LogP contribution in [0.1, 0.15) is 49.8 Å².